The Balaban J connectivity index is 2.69. The summed E-state index contributed by atoms with van der Waals surface area (Å²) >= 11 is 0. The lowest BCUT2D eigenvalue weighted by molar-refractivity contribution is -0.140. The predicted octanol–water partition coefficient (Wildman–Crippen LogP) is 1.63. The smallest absolute Gasteiger partial charge is 0.419 e. The Labute approximate surface area is 126 Å². The van der Waals surface area contributed by atoms with E-state index in [0.29, 0.717) is 0 Å². The van der Waals surface area contributed by atoms with Crippen molar-refractivity contribution < 1.29 is 31.1 Å². The quantitative estimate of drug-likeness (QED) is 0.855. The average molecular weight is 339 g/mol. The van der Waals surface area contributed by atoms with Gasteiger partial charge in [-0.25, -0.2) is 8.42 Å². The summed E-state index contributed by atoms with van der Waals surface area (Å²) in [5, 5.41) is 2.29. The number of carbonyl (C=O) groups is 1. The van der Waals surface area contributed by atoms with Crippen molar-refractivity contribution in [1.29, 1.82) is 0 Å². The molecule has 1 atom stereocenters. The van der Waals surface area contributed by atoms with Crippen LogP contribution in [0.15, 0.2) is 24.3 Å². The molecule has 0 saturated heterocycles. The van der Waals surface area contributed by atoms with E-state index >= 15 is 0 Å². The van der Waals surface area contributed by atoms with Gasteiger partial charge < -0.3 is 10.1 Å². The van der Waals surface area contributed by atoms with Crippen molar-refractivity contribution in [3.05, 3.63) is 29.8 Å². The van der Waals surface area contributed by atoms with Gasteiger partial charge >= 0.3 is 6.18 Å². The largest absolute Gasteiger partial charge is 0.480 e. The molecule has 5 nitrogen and oxygen atoms in total. The van der Waals surface area contributed by atoms with Crippen LogP contribution in [0.1, 0.15) is 12.5 Å². The first kappa shape index (κ1) is 18.3. The molecule has 0 saturated carbocycles. The number of sulfone groups is 1. The number of hydrogen-bond donors (Lipinski definition) is 1. The maximum atomic E-state index is 12.8. The fourth-order valence-electron chi connectivity index (χ4n) is 1.55. The highest BCUT2D eigenvalue weighted by Crippen LogP contribution is 2.36. The number of rotatable bonds is 6. The lowest BCUT2D eigenvalue weighted by Gasteiger charge is -2.18. The molecule has 0 radical (unpaired) electrons. The Morgan fingerprint density at radius 1 is 1.32 bits per heavy atom. The van der Waals surface area contributed by atoms with Crippen LogP contribution in [0.25, 0.3) is 0 Å². The SMILES string of the molecule is C[C@@H](Oc1ccccc1C(F)(F)F)C(=O)NCCS(C)(=O)=O. The van der Waals surface area contributed by atoms with E-state index in [2.05, 4.69) is 5.32 Å². The van der Waals surface area contributed by atoms with Crippen LogP contribution in [0.3, 0.4) is 0 Å². The lowest BCUT2D eigenvalue weighted by atomic mass is 10.2. The fourth-order valence-corrected chi connectivity index (χ4v) is 2.02. The third-order valence-corrected chi connectivity index (χ3v) is 3.58. The fraction of sp³-hybridized carbons (Fsp3) is 0.462. The number of carbonyl (C=O) groups excluding carboxylic acids is 1. The summed E-state index contributed by atoms with van der Waals surface area (Å²) in [6.45, 7) is 1.15. The summed E-state index contributed by atoms with van der Waals surface area (Å²) < 4.78 is 65.2. The van der Waals surface area contributed by atoms with E-state index in [0.717, 1.165) is 18.4 Å². The first-order valence-corrected chi connectivity index (χ1v) is 8.35. The van der Waals surface area contributed by atoms with Gasteiger partial charge in [0.2, 0.25) is 0 Å². The van der Waals surface area contributed by atoms with Crippen LogP contribution >= 0.6 is 0 Å². The van der Waals surface area contributed by atoms with Crippen molar-refractivity contribution >= 4 is 15.7 Å². The van der Waals surface area contributed by atoms with E-state index in [-0.39, 0.29) is 12.3 Å². The third-order valence-electron chi connectivity index (χ3n) is 2.64. The molecule has 0 aliphatic carbocycles. The molecular formula is C13H16F3NO4S. The van der Waals surface area contributed by atoms with Gasteiger partial charge in [0, 0.05) is 12.8 Å². The number of ether oxygens (including phenoxy) is 1. The number of benzene rings is 1. The summed E-state index contributed by atoms with van der Waals surface area (Å²) in [4.78, 5) is 11.7. The summed E-state index contributed by atoms with van der Waals surface area (Å²) in [6.07, 6.45) is -4.77. The molecule has 9 heteroatoms. The van der Waals surface area contributed by atoms with Crippen molar-refractivity contribution in [3.8, 4) is 5.75 Å². The lowest BCUT2D eigenvalue weighted by Crippen LogP contribution is -2.38. The third kappa shape index (κ3) is 5.92. The molecular weight excluding hydrogens is 323 g/mol. The maximum Gasteiger partial charge on any atom is 0.419 e. The molecule has 1 aromatic carbocycles. The standard InChI is InChI=1S/C13H16F3NO4S/c1-9(12(18)17-7-8-22(2,19)20)21-11-6-4-3-5-10(11)13(14,15)16/h3-6,9H,7-8H2,1-2H3,(H,17,18)/t9-/m1/s1. The van der Waals surface area contributed by atoms with E-state index in [4.69, 9.17) is 4.74 Å². The second kappa shape index (κ2) is 6.99. The molecule has 0 heterocycles. The topological polar surface area (TPSA) is 72.5 Å². The van der Waals surface area contributed by atoms with Crippen LogP contribution in [0.5, 0.6) is 5.75 Å². The van der Waals surface area contributed by atoms with Crippen molar-refractivity contribution in [2.45, 2.75) is 19.2 Å². The van der Waals surface area contributed by atoms with Crippen LogP contribution < -0.4 is 10.1 Å². The second-order valence-electron chi connectivity index (χ2n) is 4.67. The highest BCUT2D eigenvalue weighted by atomic mass is 32.2. The van der Waals surface area contributed by atoms with Gasteiger partial charge in [-0.05, 0) is 19.1 Å². The number of para-hydroxylation sites is 1. The minimum absolute atomic E-state index is 0.133. The summed E-state index contributed by atoms with van der Waals surface area (Å²) in [7, 11) is -3.23. The van der Waals surface area contributed by atoms with Gasteiger partial charge in [0.25, 0.3) is 5.91 Å². The zero-order valence-electron chi connectivity index (χ0n) is 12.0. The van der Waals surface area contributed by atoms with Crippen molar-refractivity contribution in [2.75, 3.05) is 18.6 Å². The molecule has 0 aliphatic heterocycles. The van der Waals surface area contributed by atoms with E-state index in [1.807, 2.05) is 0 Å². The van der Waals surface area contributed by atoms with Crippen LogP contribution in [0.2, 0.25) is 0 Å². The normalized spacial score (nSPS) is 13.5. The molecule has 0 aromatic heterocycles. The number of halogens is 3. The van der Waals surface area contributed by atoms with Crippen molar-refractivity contribution in [1.82, 2.24) is 5.32 Å². The molecule has 1 N–H and O–H groups in total. The van der Waals surface area contributed by atoms with Gasteiger partial charge in [-0.3, -0.25) is 4.79 Å². The van der Waals surface area contributed by atoms with Crippen LogP contribution in [-0.2, 0) is 20.8 Å². The highest BCUT2D eigenvalue weighted by Gasteiger charge is 2.34. The van der Waals surface area contributed by atoms with Crippen LogP contribution in [0, 0.1) is 0 Å². The summed E-state index contributed by atoms with van der Waals surface area (Å²) in [6, 6.07) is 4.54. The van der Waals surface area contributed by atoms with Gasteiger partial charge in [-0.2, -0.15) is 13.2 Å². The monoisotopic (exact) mass is 339 g/mol. The van der Waals surface area contributed by atoms with Gasteiger partial charge in [0.15, 0.2) is 6.10 Å². The van der Waals surface area contributed by atoms with Gasteiger partial charge in [0.05, 0.1) is 11.3 Å². The molecule has 0 bridgehead atoms. The molecule has 1 amide bonds. The molecule has 0 spiro atoms. The van der Waals surface area contributed by atoms with Crippen molar-refractivity contribution in [3.63, 3.8) is 0 Å². The van der Waals surface area contributed by atoms with E-state index in [1.54, 1.807) is 0 Å². The maximum absolute atomic E-state index is 12.8. The molecule has 1 rings (SSSR count). The second-order valence-corrected chi connectivity index (χ2v) is 6.93. The summed E-state index contributed by atoms with van der Waals surface area (Å²) in [5.41, 5.74) is -0.981. The zero-order chi connectivity index (χ0) is 17.0. The Morgan fingerprint density at radius 2 is 1.91 bits per heavy atom. The molecule has 124 valence electrons. The van der Waals surface area contributed by atoms with E-state index in [1.165, 1.54) is 19.1 Å². The van der Waals surface area contributed by atoms with Gasteiger partial charge in [-0.15, -0.1) is 0 Å². The molecule has 0 aliphatic rings. The number of alkyl halides is 3. The Bertz CT molecular complexity index is 628. The van der Waals surface area contributed by atoms with Gasteiger partial charge in [-0.1, -0.05) is 12.1 Å². The zero-order valence-corrected chi connectivity index (χ0v) is 12.8. The first-order valence-electron chi connectivity index (χ1n) is 6.29. The number of amides is 1. The minimum Gasteiger partial charge on any atom is -0.480 e. The van der Waals surface area contributed by atoms with Crippen molar-refractivity contribution in [2.24, 2.45) is 0 Å². The number of nitrogens with one attached hydrogen (secondary N) is 1. The Hall–Kier alpha value is -1.77. The molecule has 0 fully saturated rings. The minimum atomic E-state index is -4.59. The Kier molecular flexibility index (Phi) is 5.81. The summed E-state index contributed by atoms with van der Waals surface area (Å²) in [5.74, 6) is -1.41. The molecule has 22 heavy (non-hydrogen) atoms. The average Bonchev–Trinajstić information content (AvgIpc) is 2.36. The molecule has 0 unspecified atom stereocenters. The predicted molar refractivity (Wildman–Crippen MR) is 74.3 cm³/mol. The highest BCUT2D eigenvalue weighted by molar-refractivity contribution is 7.90. The van der Waals surface area contributed by atoms with E-state index in [9.17, 15) is 26.4 Å². The first-order chi connectivity index (χ1) is 10.0. The van der Waals surface area contributed by atoms with E-state index < -0.39 is 39.3 Å². The van der Waals surface area contributed by atoms with Crippen LogP contribution in [0.4, 0.5) is 13.2 Å². The molecule has 1 aromatic rings. The Morgan fingerprint density at radius 3 is 2.45 bits per heavy atom. The van der Waals surface area contributed by atoms with Gasteiger partial charge in [0.1, 0.15) is 15.6 Å². The number of hydrogen-bond acceptors (Lipinski definition) is 4. The van der Waals surface area contributed by atoms with Crippen LogP contribution in [-0.4, -0.2) is 39.0 Å².